The van der Waals surface area contributed by atoms with Crippen molar-refractivity contribution in [1.29, 1.82) is 0 Å². The lowest BCUT2D eigenvalue weighted by molar-refractivity contribution is -0.0851. The average Bonchev–Trinajstić information content (AvgIpc) is 2.14. The predicted molar refractivity (Wildman–Crippen MR) is 51.3 cm³/mol. The normalized spacial score (nSPS) is 12.0. The number of hydrogen-bond donors (Lipinski definition) is 1. The van der Waals surface area contributed by atoms with Crippen LogP contribution >= 0.6 is 0 Å². The van der Waals surface area contributed by atoms with Gasteiger partial charge in [0, 0.05) is 6.61 Å². The van der Waals surface area contributed by atoms with E-state index in [1.807, 2.05) is 0 Å². The van der Waals surface area contributed by atoms with Crippen molar-refractivity contribution in [3.8, 4) is 0 Å². The smallest absolute Gasteiger partial charge is 0.0906 e. The summed E-state index contributed by atoms with van der Waals surface area (Å²) in [5.74, 6) is 0. The van der Waals surface area contributed by atoms with E-state index in [-0.39, 0.29) is 12.2 Å². The summed E-state index contributed by atoms with van der Waals surface area (Å²) in [6.07, 6.45) is 4.02. The summed E-state index contributed by atoms with van der Waals surface area (Å²) < 4.78 is 5.67. The molecule has 0 bridgehead atoms. The molecule has 0 radical (unpaired) electrons. The van der Waals surface area contributed by atoms with Crippen molar-refractivity contribution in [1.82, 2.24) is 0 Å². The van der Waals surface area contributed by atoms with Gasteiger partial charge in [-0.15, -0.1) is 0 Å². The van der Waals surface area contributed by atoms with E-state index >= 15 is 0 Å². The maximum Gasteiger partial charge on any atom is 0.0906 e. The van der Waals surface area contributed by atoms with E-state index in [9.17, 15) is 0 Å². The van der Waals surface area contributed by atoms with Crippen LogP contribution in [0.5, 0.6) is 0 Å². The van der Waals surface area contributed by atoms with Crippen LogP contribution in [0.2, 0.25) is 0 Å². The van der Waals surface area contributed by atoms with Crippen molar-refractivity contribution in [2.75, 3.05) is 13.2 Å². The summed E-state index contributed by atoms with van der Waals surface area (Å²) in [7, 11) is 0. The molecule has 0 aromatic heterocycles. The first-order chi connectivity index (χ1) is 5.74. The first-order valence-electron chi connectivity index (χ1n) is 4.99. The zero-order chi connectivity index (χ0) is 9.45. The van der Waals surface area contributed by atoms with Gasteiger partial charge in [-0.05, 0) is 19.3 Å². The zero-order valence-corrected chi connectivity index (χ0v) is 8.60. The van der Waals surface area contributed by atoms with Crippen molar-refractivity contribution in [3.63, 3.8) is 0 Å². The number of hydrogen-bond acceptors (Lipinski definition) is 2. The van der Waals surface area contributed by atoms with E-state index in [4.69, 9.17) is 9.84 Å². The molecule has 0 aromatic carbocycles. The van der Waals surface area contributed by atoms with Gasteiger partial charge < -0.3 is 9.84 Å². The third-order valence-corrected chi connectivity index (χ3v) is 2.48. The Labute approximate surface area is 75.9 Å². The van der Waals surface area contributed by atoms with Crippen LogP contribution in [0, 0.1) is 0 Å². The highest BCUT2D eigenvalue weighted by atomic mass is 16.5. The fraction of sp³-hybridized carbons (Fsp3) is 1.00. The molecular weight excluding hydrogens is 152 g/mol. The Kier molecular flexibility index (Phi) is 6.39. The zero-order valence-electron chi connectivity index (χ0n) is 8.60. The molecule has 0 spiro atoms. The van der Waals surface area contributed by atoms with Gasteiger partial charge in [-0.2, -0.15) is 0 Å². The standard InChI is InChI=1S/C10H22O2/c1-4-7-8-12-10(5-2,6-3)9-11/h11H,4-9H2,1-3H3. The van der Waals surface area contributed by atoms with E-state index in [0.717, 1.165) is 32.3 Å². The molecule has 2 heteroatoms. The van der Waals surface area contributed by atoms with Crippen molar-refractivity contribution in [3.05, 3.63) is 0 Å². The molecule has 0 heterocycles. The highest BCUT2D eigenvalue weighted by Gasteiger charge is 2.25. The summed E-state index contributed by atoms with van der Waals surface area (Å²) in [6.45, 7) is 7.18. The average molecular weight is 174 g/mol. The van der Waals surface area contributed by atoms with Crippen LogP contribution in [-0.2, 0) is 4.74 Å². The topological polar surface area (TPSA) is 29.5 Å². The lowest BCUT2D eigenvalue weighted by atomic mass is 9.98. The lowest BCUT2D eigenvalue weighted by Gasteiger charge is -2.29. The van der Waals surface area contributed by atoms with Gasteiger partial charge in [-0.3, -0.25) is 0 Å². The minimum atomic E-state index is -0.269. The van der Waals surface area contributed by atoms with Gasteiger partial charge in [0.2, 0.25) is 0 Å². The van der Waals surface area contributed by atoms with Gasteiger partial charge >= 0.3 is 0 Å². The van der Waals surface area contributed by atoms with Crippen LogP contribution < -0.4 is 0 Å². The Morgan fingerprint density at radius 3 is 2.08 bits per heavy atom. The summed E-state index contributed by atoms with van der Waals surface area (Å²) in [5.41, 5.74) is -0.269. The SMILES string of the molecule is CCCCOC(CC)(CC)CO. The summed E-state index contributed by atoms with van der Waals surface area (Å²) in [4.78, 5) is 0. The maximum absolute atomic E-state index is 9.15. The highest BCUT2D eigenvalue weighted by Crippen LogP contribution is 2.19. The maximum atomic E-state index is 9.15. The third-order valence-electron chi connectivity index (χ3n) is 2.48. The largest absolute Gasteiger partial charge is 0.393 e. The second-order valence-electron chi connectivity index (χ2n) is 3.25. The van der Waals surface area contributed by atoms with Crippen molar-refractivity contribution >= 4 is 0 Å². The van der Waals surface area contributed by atoms with Crippen LogP contribution in [-0.4, -0.2) is 23.9 Å². The lowest BCUT2D eigenvalue weighted by Crippen LogP contribution is -2.35. The van der Waals surface area contributed by atoms with E-state index in [2.05, 4.69) is 20.8 Å². The molecule has 1 N–H and O–H groups in total. The van der Waals surface area contributed by atoms with Crippen molar-refractivity contribution in [2.24, 2.45) is 0 Å². The number of aliphatic hydroxyl groups is 1. The Morgan fingerprint density at radius 2 is 1.75 bits per heavy atom. The molecule has 0 fully saturated rings. The highest BCUT2D eigenvalue weighted by molar-refractivity contribution is 4.76. The van der Waals surface area contributed by atoms with Gasteiger partial charge in [0.05, 0.1) is 12.2 Å². The van der Waals surface area contributed by atoms with Gasteiger partial charge in [-0.25, -0.2) is 0 Å². The number of rotatable bonds is 7. The molecule has 12 heavy (non-hydrogen) atoms. The first-order valence-corrected chi connectivity index (χ1v) is 4.99. The summed E-state index contributed by atoms with van der Waals surface area (Å²) >= 11 is 0. The minimum Gasteiger partial charge on any atom is -0.393 e. The minimum absolute atomic E-state index is 0.143. The van der Waals surface area contributed by atoms with Crippen molar-refractivity contribution in [2.45, 2.75) is 52.1 Å². The Balaban J connectivity index is 3.76. The van der Waals surface area contributed by atoms with E-state index in [1.165, 1.54) is 0 Å². The fourth-order valence-corrected chi connectivity index (χ4v) is 1.16. The predicted octanol–water partition coefficient (Wildman–Crippen LogP) is 2.35. The molecule has 2 nitrogen and oxygen atoms in total. The molecule has 0 saturated heterocycles. The summed E-state index contributed by atoms with van der Waals surface area (Å²) in [5, 5.41) is 9.15. The second kappa shape index (κ2) is 6.44. The molecule has 0 unspecified atom stereocenters. The van der Waals surface area contributed by atoms with E-state index in [1.54, 1.807) is 0 Å². The Morgan fingerprint density at radius 1 is 1.17 bits per heavy atom. The Hall–Kier alpha value is -0.0800. The van der Waals surface area contributed by atoms with Gasteiger partial charge in [0.25, 0.3) is 0 Å². The summed E-state index contributed by atoms with van der Waals surface area (Å²) in [6, 6.07) is 0. The number of aliphatic hydroxyl groups excluding tert-OH is 1. The van der Waals surface area contributed by atoms with Crippen LogP contribution in [0.1, 0.15) is 46.5 Å². The molecule has 0 aliphatic rings. The van der Waals surface area contributed by atoms with Crippen LogP contribution in [0.25, 0.3) is 0 Å². The molecule has 0 aromatic rings. The second-order valence-corrected chi connectivity index (χ2v) is 3.25. The molecule has 0 aliphatic heterocycles. The van der Waals surface area contributed by atoms with Gasteiger partial charge in [-0.1, -0.05) is 27.2 Å². The fourth-order valence-electron chi connectivity index (χ4n) is 1.16. The number of ether oxygens (including phenoxy) is 1. The van der Waals surface area contributed by atoms with Crippen LogP contribution in [0.3, 0.4) is 0 Å². The van der Waals surface area contributed by atoms with Gasteiger partial charge in [0.1, 0.15) is 0 Å². The number of unbranched alkanes of at least 4 members (excludes halogenated alkanes) is 1. The van der Waals surface area contributed by atoms with E-state index in [0.29, 0.717) is 0 Å². The third kappa shape index (κ3) is 3.55. The molecule has 0 saturated carbocycles. The monoisotopic (exact) mass is 174 g/mol. The van der Waals surface area contributed by atoms with Gasteiger partial charge in [0.15, 0.2) is 0 Å². The molecule has 0 atom stereocenters. The molecule has 0 rings (SSSR count). The van der Waals surface area contributed by atoms with Crippen LogP contribution in [0.15, 0.2) is 0 Å². The quantitative estimate of drug-likeness (QED) is 0.600. The molecule has 0 amide bonds. The van der Waals surface area contributed by atoms with E-state index < -0.39 is 0 Å². The Bertz CT molecular complexity index is 89.7. The van der Waals surface area contributed by atoms with Crippen LogP contribution in [0.4, 0.5) is 0 Å². The molecule has 0 aliphatic carbocycles. The molecule has 74 valence electrons. The van der Waals surface area contributed by atoms with Crippen molar-refractivity contribution < 1.29 is 9.84 Å². The first kappa shape index (κ1) is 11.9. The molecular formula is C10H22O2.